The van der Waals surface area contributed by atoms with Crippen LogP contribution in [0.3, 0.4) is 0 Å². The molecule has 15 heteroatoms. The van der Waals surface area contributed by atoms with Crippen molar-refractivity contribution in [1.82, 2.24) is 19.4 Å². The molecule has 1 aliphatic rings. The highest BCUT2D eigenvalue weighted by atomic mass is 19.4. The second-order valence-corrected chi connectivity index (χ2v) is 10.8. The molecule has 0 saturated heterocycles. The summed E-state index contributed by atoms with van der Waals surface area (Å²) in [6.07, 6.45) is -5.32. The van der Waals surface area contributed by atoms with Gasteiger partial charge in [0.05, 0.1) is 23.7 Å². The van der Waals surface area contributed by atoms with Crippen LogP contribution in [-0.4, -0.2) is 51.0 Å². The molecule has 1 atom stereocenters. The number of hydrogen-bond acceptors (Lipinski definition) is 7. The van der Waals surface area contributed by atoms with Crippen LogP contribution in [0.25, 0.3) is 5.69 Å². The van der Waals surface area contributed by atoms with Gasteiger partial charge < -0.3 is 19.7 Å². The van der Waals surface area contributed by atoms with Crippen molar-refractivity contribution in [3.05, 3.63) is 106 Å². The Morgan fingerprint density at radius 1 is 1.00 bits per heavy atom. The van der Waals surface area contributed by atoms with Crippen molar-refractivity contribution in [3.8, 4) is 17.2 Å². The fourth-order valence-corrected chi connectivity index (χ4v) is 5.16. The number of pyridine rings is 1. The number of nitrogens with zero attached hydrogens (tertiary/aromatic N) is 4. The Kier molecular flexibility index (Phi) is 9.72. The molecule has 5 rings (SSSR count). The zero-order valence-electron chi connectivity index (χ0n) is 24.9. The van der Waals surface area contributed by atoms with Gasteiger partial charge in [-0.25, -0.2) is 4.98 Å². The van der Waals surface area contributed by atoms with Gasteiger partial charge in [-0.15, -0.1) is 13.2 Å². The van der Waals surface area contributed by atoms with Crippen molar-refractivity contribution in [2.75, 3.05) is 18.5 Å². The number of benzene rings is 2. The van der Waals surface area contributed by atoms with E-state index in [0.29, 0.717) is 47.6 Å². The van der Waals surface area contributed by atoms with Crippen LogP contribution in [0.5, 0.6) is 11.5 Å². The first-order valence-corrected chi connectivity index (χ1v) is 14.5. The average molecular weight is 662 g/mol. The standard InChI is InChI=1S/C32H29F6N5O4/c1-20(42(18-22-4-2-14-39-17-22)27(44)16-21-6-10-25(11-7-21)47-32(36,37)38)29-41-28-26(5-3-15-40-28)30(45)43(29)23-8-12-24(13-9-23)46-19-31(33,34)35/h2,4,6-14,17,20,40H,3,5,15-16,18-19H2,1H3/t20-/m1/s1. The number of carbonyl (C=O) groups is 1. The average Bonchev–Trinajstić information content (AvgIpc) is 3.03. The topological polar surface area (TPSA) is 98.6 Å². The predicted molar refractivity (Wildman–Crippen MR) is 158 cm³/mol. The number of amides is 1. The number of alkyl halides is 6. The van der Waals surface area contributed by atoms with Crippen molar-refractivity contribution in [2.24, 2.45) is 0 Å². The highest BCUT2D eigenvalue weighted by Gasteiger charge is 2.32. The lowest BCUT2D eigenvalue weighted by Crippen LogP contribution is -2.39. The Balaban J connectivity index is 1.52. The third-order valence-corrected chi connectivity index (χ3v) is 7.35. The Morgan fingerprint density at radius 2 is 1.70 bits per heavy atom. The summed E-state index contributed by atoms with van der Waals surface area (Å²) >= 11 is 0. The van der Waals surface area contributed by atoms with E-state index in [0.717, 1.165) is 12.1 Å². The fraction of sp³-hybridized carbons (Fsp3) is 0.312. The number of carbonyl (C=O) groups excluding carboxylic acids is 1. The van der Waals surface area contributed by atoms with Gasteiger partial charge in [-0.05, 0) is 73.4 Å². The van der Waals surface area contributed by atoms with Crippen LogP contribution >= 0.6 is 0 Å². The summed E-state index contributed by atoms with van der Waals surface area (Å²) in [5.74, 6) is -0.356. The van der Waals surface area contributed by atoms with Gasteiger partial charge in [0.15, 0.2) is 6.61 Å². The first kappa shape index (κ1) is 33.3. The molecule has 0 spiro atoms. The maximum absolute atomic E-state index is 14.0. The summed E-state index contributed by atoms with van der Waals surface area (Å²) in [6.45, 7) is 0.829. The van der Waals surface area contributed by atoms with Gasteiger partial charge in [-0.1, -0.05) is 18.2 Å². The molecule has 0 aliphatic carbocycles. The number of fused-ring (bicyclic) bond motifs is 1. The molecule has 9 nitrogen and oxygen atoms in total. The summed E-state index contributed by atoms with van der Waals surface area (Å²) in [6, 6.07) is 13.0. The fourth-order valence-electron chi connectivity index (χ4n) is 5.16. The van der Waals surface area contributed by atoms with Crippen molar-refractivity contribution < 1.29 is 40.6 Å². The molecule has 1 N–H and O–H groups in total. The van der Waals surface area contributed by atoms with Crippen LogP contribution < -0.4 is 20.3 Å². The van der Waals surface area contributed by atoms with E-state index >= 15 is 0 Å². The van der Waals surface area contributed by atoms with Crippen molar-refractivity contribution >= 4 is 11.7 Å². The van der Waals surface area contributed by atoms with Crippen LogP contribution in [0, 0.1) is 0 Å². The van der Waals surface area contributed by atoms with Gasteiger partial charge in [0.1, 0.15) is 23.1 Å². The van der Waals surface area contributed by atoms with Crippen LogP contribution in [0.1, 0.15) is 41.9 Å². The molecule has 47 heavy (non-hydrogen) atoms. The van der Waals surface area contributed by atoms with Crippen molar-refractivity contribution in [3.63, 3.8) is 0 Å². The van der Waals surface area contributed by atoms with E-state index in [9.17, 15) is 35.9 Å². The first-order chi connectivity index (χ1) is 22.3. The molecule has 2 aromatic heterocycles. The van der Waals surface area contributed by atoms with Gasteiger partial charge >= 0.3 is 12.5 Å². The number of anilines is 1. The molecule has 0 bridgehead atoms. The molecule has 0 saturated carbocycles. The van der Waals surface area contributed by atoms with Gasteiger partial charge in [0.2, 0.25) is 5.91 Å². The maximum atomic E-state index is 14.0. The Labute approximate surface area is 264 Å². The Bertz CT molecular complexity index is 1740. The zero-order chi connectivity index (χ0) is 33.8. The second kappa shape index (κ2) is 13.7. The number of nitrogens with one attached hydrogen (secondary N) is 1. The molecular formula is C32H29F6N5O4. The highest BCUT2D eigenvalue weighted by molar-refractivity contribution is 5.79. The minimum Gasteiger partial charge on any atom is -0.484 e. The molecule has 0 radical (unpaired) electrons. The number of rotatable bonds is 10. The first-order valence-electron chi connectivity index (χ1n) is 14.5. The number of aromatic nitrogens is 3. The quantitative estimate of drug-likeness (QED) is 0.204. The number of ether oxygens (including phenoxy) is 2. The molecular weight excluding hydrogens is 632 g/mol. The number of hydrogen-bond donors (Lipinski definition) is 1. The lowest BCUT2D eigenvalue weighted by atomic mass is 10.1. The van der Waals surface area contributed by atoms with Crippen molar-refractivity contribution in [2.45, 2.75) is 51.3 Å². The molecule has 0 fully saturated rings. The summed E-state index contributed by atoms with van der Waals surface area (Å²) in [5, 5.41) is 3.14. The molecule has 248 valence electrons. The highest BCUT2D eigenvalue weighted by Crippen LogP contribution is 2.29. The van der Waals surface area contributed by atoms with Crippen LogP contribution in [0.15, 0.2) is 77.9 Å². The molecule has 0 unspecified atom stereocenters. The van der Waals surface area contributed by atoms with E-state index < -0.39 is 42.4 Å². The molecule has 3 heterocycles. The monoisotopic (exact) mass is 661 g/mol. The smallest absolute Gasteiger partial charge is 0.484 e. The summed E-state index contributed by atoms with van der Waals surface area (Å²) < 4.78 is 86.0. The van der Waals surface area contributed by atoms with Gasteiger partial charge in [0, 0.05) is 25.5 Å². The predicted octanol–water partition coefficient (Wildman–Crippen LogP) is 6.16. The van der Waals surface area contributed by atoms with Crippen LogP contribution in [0.4, 0.5) is 32.2 Å². The molecule has 1 amide bonds. The molecule has 4 aromatic rings. The van der Waals surface area contributed by atoms with E-state index in [1.54, 1.807) is 31.5 Å². The second-order valence-electron chi connectivity index (χ2n) is 10.8. The summed E-state index contributed by atoms with van der Waals surface area (Å²) in [5.41, 5.74) is 1.40. The minimum atomic E-state index is -4.86. The Hall–Kier alpha value is -5.08. The third kappa shape index (κ3) is 8.60. The minimum absolute atomic E-state index is 0.0493. The maximum Gasteiger partial charge on any atom is 0.573 e. The summed E-state index contributed by atoms with van der Waals surface area (Å²) in [7, 11) is 0. The van der Waals surface area contributed by atoms with E-state index in [1.165, 1.54) is 45.9 Å². The van der Waals surface area contributed by atoms with E-state index in [2.05, 4.69) is 15.0 Å². The number of halogens is 6. The molecule has 2 aromatic carbocycles. The van der Waals surface area contributed by atoms with E-state index in [1.807, 2.05) is 0 Å². The normalized spacial score (nSPS) is 13.7. The van der Waals surface area contributed by atoms with Crippen LogP contribution in [-0.2, 0) is 24.2 Å². The van der Waals surface area contributed by atoms with Crippen molar-refractivity contribution in [1.29, 1.82) is 0 Å². The summed E-state index contributed by atoms with van der Waals surface area (Å²) in [4.78, 5) is 38.2. The lowest BCUT2D eigenvalue weighted by Gasteiger charge is -2.32. The molecule has 1 aliphatic heterocycles. The van der Waals surface area contributed by atoms with E-state index in [-0.39, 0.29) is 24.5 Å². The van der Waals surface area contributed by atoms with Gasteiger partial charge in [-0.3, -0.25) is 19.1 Å². The van der Waals surface area contributed by atoms with Gasteiger partial charge in [-0.2, -0.15) is 13.2 Å². The van der Waals surface area contributed by atoms with E-state index in [4.69, 9.17) is 9.72 Å². The van der Waals surface area contributed by atoms with Crippen LogP contribution in [0.2, 0.25) is 0 Å². The Morgan fingerprint density at radius 3 is 2.34 bits per heavy atom. The zero-order valence-corrected chi connectivity index (χ0v) is 24.9. The SMILES string of the molecule is C[C@H](c1nc2c(c(=O)n1-c1ccc(OCC(F)(F)F)cc1)CCCN2)N(Cc1cccnc1)C(=O)Cc1ccc(OC(F)(F)F)cc1. The third-order valence-electron chi connectivity index (χ3n) is 7.35. The lowest BCUT2D eigenvalue weighted by molar-refractivity contribution is -0.274. The van der Waals surface area contributed by atoms with Gasteiger partial charge in [0.25, 0.3) is 5.56 Å². The largest absolute Gasteiger partial charge is 0.573 e.